The summed E-state index contributed by atoms with van der Waals surface area (Å²) in [6.45, 7) is 0. The maximum atomic E-state index is 13.2. The van der Waals surface area contributed by atoms with Gasteiger partial charge < -0.3 is 4.74 Å². The van der Waals surface area contributed by atoms with Crippen LogP contribution < -0.4 is 0 Å². The summed E-state index contributed by atoms with van der Waals surface area (Å²) < 4.78 is 5.63. The summed E-state index contributed by atoms with van der Waals surface area (Å²) in [6, 6.07) is 35.9. The molecule has 0 bridgehead atoms. The molecule has 0 aliphatic carbocycles. The fourth-order valence-corrected chi connectivity index (χ4v) is 4.46. The molecule has 6 rings (SSSR count). The Bertz CT molecular complexity index is 1620. The zero-order valence-corrected chi connectivity index (χ0v) is 18.6. The average Bonchev–Trinajstić information content (AvgIpc) is 2.92. The van der Waals surface area contributed by atoms with Crippen LogP contribution in [0.3, 0.4) is 0 Å². The number of esters is 1. The SMILES string of the molecule is O=C(c1ccccc1)c1ccc2c3c(cccc13)C(=O)OC2=Nc1ccc(-c2ccccc2)cc1. The van der Waals surface area contributed by atoms with E-state index in [9.17, 15) is 9.59 Å². The molecule has 1 aliphatic rings. The number of carbonyl (C=O) groups excluding carboxylic acids is 2. The Hall–Kier alpha value is -4.83. The van der Waals surface area contributed by atoms with Crippen LogP contribution >= 0.6 is 0 Å². The second-order valence-electron chi connectivity index (χ2n) is 8.30. The summed E-state index contributed by atoms with van der Waals surface area (Å²) in [5, 5.41) is 1.39. The van der Waals surface area contributed by atoms with Gasteiger partial charge in [-0.3, -0.25) is 4.79 Å². The van der Waals surface area contributed by atoms with Crippen LogP contribution in [0.2, 0.25) is 0 Å². The monoisotopic (exact) mass is 453 g/mol. The molecule has 0 amide bonds. The summed E-state index contributed by atoms with van der Waals surface area (Å²) in [4.78, 5) is 30.8. The van der Waals surface area contributed by atoms with Gasteiger partial charge in [0.2, 0.25) is 5.90 Å². The molecule has 4 heteroatoms. The highest BCUT2D eigenvalue weighted by Gasteiger charge is 2.28. The molecule has 1 heterocycles. The summed E-state index contributed by atoms with van der Waals surface area (Å²) in [7, 11) is 0. The fourth-order valence-electron chi connectivity index (χ4n) is 4.46. The Morgan fingerprint density at radius 3 is 2.06 bits per heavy atom. The van der Waals surface area contributed by atoms with E-state index in [0.29, 0.717) is 38.7 Å². The van der Waals surface area contributed by atoms with Gasteiger partial charge in [-0.2, -0.15) is 0 Å². The van der Waals surface area contributed by atoms with Crippen molar-refractivity contribution in [1.82, 2.24) is 0 Å². The lowest BCUT2D eigenvalue weighted by Crippen LogP contribution is -2.21. The van der Waals surface area contributed by atoms with E-state index in [1.807, 2.05) is 72.8 Å². The molecule has 166 valence electrons. The maximum absolute atomic E-state index is 13.2. The molecular formula is C31H19NO3. The van der Waals surface area contributed by atoms with Crippen molar-refractivity contribution in [2.45, 2.75) is 0 Å². The minimum absolute atomic E-state index is 0.0942. The van der Waals surface area contributed by atoms with Crippen LogP contribution in [-0.4, -0.2) is 17.7 Å². The molecule has 0 saturated heterocycles. The number of hydrogen-bond acceptors (Lipinski definition) is 4. The highest BCUT2D eigenvalue weighted by molar-refractivity contribution is 6.26. The number of carbonyl (C=O) groups is 2. The third kappa shape index (κ3) is 3.71. The van der Waals surface area contributed by atoms with Crippen molar-refractivity contribution >= 4 is 34.1 Å². The van der Waals surface area contributed by atoms with Gasteiger partial charge in [-0.15, -0.1) is 0 Å². The first-order valence-electron chi connectivity index (χ1n) is 11.3. The average molecular weight is 453 g/mol. The Balaban J connectivity index is 1.45. The van der Waals surface area contributed by atoms with Gasteiger partial charge in [-0.25, -0.2) is 9.79 Å². The van der Waals surface area contributed by atoms with E-state index in [4.69, 9.17) is 4.74 Å². The van der Waals surface area contributed by atoms with E-state index in [1.165, 1.54) is 0 Å². The van der Waals surface area contributed by atoms with Crippen LogP contribution in [0.1, 0.15) is 31.8 Å². The molecule has 0 fully saturated rings. The highest BCUT2D eigenvalue weighted by Crippen LogP contribution is 2.33. The van der Waals surface area contributed by atoms with Crippen LogP contribution in [0, 0.1) is 0 Å². The largest absolute Gasteiger partial charge is 0.403 e. The van der Waals surface area contributed by atoms with Crippen molar-refractivity contribution in [3.05, 3.63) is 138 Å². The summed E-state index contributed by atoms with van der Waals surface area (Å²) in [5.74, 6) is -0.347. The number of benzene rings is 5. The Labute approximate surface area is 202 Å². The van der Waals surface area contributed by atoms with Crippen molar-refractivity contribution in [3.63, 3.8) is 0 Å². The van der Waals surface area contributed by atoms with Crippen LogP contribution in [-0.2, 0) is 4.74 Å². The van der Waals surface area contributed by atoms with Crippen LogP contribution in [0.5, 0.6) is 0 Å². The minimum Gasteiger partial charge on any atom is -0.403 e. The number of hydrogen-bond donors (Lipinski definition) is 0. The lowest BCUT2D eigenvalue weighted by Gasteiger charge is -2.20. The van der Waals surface area contributed by atoms with Crippen molar-refractivity contribution in [3.8, 4) is 11.1 Å². The highest BCUT2D eigenvalue weighted by atomic mass is 16.5. The van der Waals surface area contributed by atoms with Crippen LogP contribution in [0.4, 0.5) is 5.69 Å². The molecule has 4 nitrogen and oxygen atoms in total. The van der Waals surface area contributed by atoms with Crippen molar-refractivity contribution < 1.29 is 14.3 Å². The molecule has 5 aromatic carbocycles. The molecule has 0 radical (unpaired) electrons. The number of aliphatic imine (C=N–C) groups is 1. The minimum atomic E-state index is -0.480. The quantitative estimate of drug-likeness (QED) is 0.218. The zero-order valence-electron chi connectivity index (χ0n) is 18.6. The zero-order chi connectivity index (χ0) is 23.8. The van der Waals surface area contributed by atoms with Gasteiger partial charge in [0.05, 0.1) is 11.3 Å². The van der Waals surface area contributed by atoms with E-state index in [0.717, 1.165) is 11.1 Å². The van der Waals surface area contributed by atoms with Gasteiger partial charge in [0.15, 0.2) is 5.78 Å². The molecule has 1 aliphatic heterocycles. The van der Waals surface area contributed by atoms with Crippen molar-refractivity contribution in [1.29, 1.82) is 0 Å². The predicted molar refractivity (Wildman–Crippen MR) is 137 cm³/mol. The lowest BCUT2D eigenvalue weighted by atomic mass is 9.90. The molecule has 0 saturated carbocycles. The first kappa shape index (κ1) is 20.8. The van der Waals surface area contributed by atoms with Gasteiger partial charge in [0, 0.05) is 22.1 Å². The Morgan fingerprint density at radius 1 is 0.629 bits per heavy atom. The lowest BCUT2D eigenvalue weighted by molar-refractivity contribution is 0.0716. The second-order valence-corrected chi connectivity index (χ2v) is 8.30. The molecule has 0 N–H and O–H groups in total. The first-order chi connectivity index (χ1) is 17.2. The van der Waals surface area contributed by atoms with Crippen molar-refractivity contribution in [2.75, 3.05) is 0 Å². The van der Waals surface area contributed by atoms with Gasteiger partial charge in [0.25, 0.3) is 0 Å². The molecule has 0 spiro atoms. The number of nitrogens with zero attached hydrogens (tertiary/aromatic N) is 1. The third-order valence-corrected chi connectivity index (χ3v) is 6.17. The maximum Gasteiger partial charge on any atom is 0.345 e. The Kier molecular flexibility index (Phi) is 5.04. The second kappa shape index (κ2) is 8.50. The Morgan fingerprint density at radius 2 is 1.31 bits per heavy atom. The normalized spacial score (nSPS) is 13.6. The van der Waals surface area contributed by atoms with Gasteiger partial charge in [-0.05, 0) is 46.8 Å². The molecular weight excluding hydrogens is 434 g/mol. The topological polar surface area (TPSA) is 55.7 Å². The van der Waals surface area contributed by atoms with Crippen LogP contribution in [0.25, 0.3) is 21.9 Å². The number of rotatable bonds is 4. The number of cyclic esters (lactones) is 1. The number of ether oxygens (including phenoxy) is 1. The predicted octanol–water partition coefficient (Wildman–Crippen LogP) is 6.99. The summed E-state index contributed by atoms with van der Waals surface area (Å²) >= 11 is 0. The van der Waals surface area contributed by atoms with Gasteiger partial charge >= 0.3 is 5.97 Å². The van der Waals surface area contributed by atoms with Gasteiger partial charge in [-0.1, -0.05) is 84.9 Å². The van der Waals surface area contributed by atoms with Crippen LogP contribution in [0.15, 0.2) is 120 Å². The molecule has 0 atom stereocenters. The van der Waals surface area contributed by atoms with E-state index in [1.54, 1.807) is 30.3 Å². The van der Waals surface area contributed by atoms with E-state index >= 15 is 0 Å². The van der Waals surface area contributed by atoms with Gasteiger partial charge in [0.1, 0.15) is 0 Å². The molecule has 0 aromatic heterocycles. The van der Waals surface area contributed by atoms with E-state index in [2.05, 4.69) is 17.1 Å². The smallest absolute Gasteiger partial charge is 0.345 e. The van der Waals surface area contributed by atoms with E-state index < -0.39 is 5.97 Å². The van der Waals surface area contributed by atoms with E-state index in [-0.39, 0.29) is 11.7 Å². The third-order valence-electron chi connectivity index (χ3n) is 6.17. The number of ketones is 1. The standard InChI is InChI=1S/C31H19NO3/c33-29(22-10-5-2-6-11-22)25-18-19-26-28-24(25)12-7-13-27(28)31(34)35-30(26)32-23-16-14-21(15-17-23)20-8-3-1-4-9-20/h1-19H. The molecule has 35 heavy (non-hydrogen) atoms. The molecule has 5 aromatic rings. The fraction of sp³-hybridized carbons (Fsp3) is 0. The van der Waals surface area contributed by atoms with Crippen molar-refractivity contribution in [2.24, 2.45) is 4.99 Å². The molecule has 0 unspecified atom stereocenters. The summed E-state index contributed by atoms with van der Waals surface area (Å²) in [5.41, 5.74) is 5.11. The first-order valence-corrected chi connectivity index (χ1v) is 11.3. The summed E-state index contributed by atoms with van der Waals surface area (Å²) in [6.07, 6.45) is 0.